The molecule has 0 spiro atoms. The van der Waals surface area contributed by atoms with Gasteiger partial charge < -0.3 is 5.32 Å². The average Bonchev–Trinajstić information content (AvgIpc) is 3.08. The van der Waals surface area contributed by atoms with Crippen LogP contribution in [0.15, 0.2) is 24.4 Å². The lowest BCUT2D eigenvalue weighted by molar-refractivity contribution is 0.534. The monoisotopic (exact) mass is 277 g/mol. The molecule has 0 fully saturated rings. The van der Waals surface area contributed by atoms with E-state index in [1.165, 1.54) is 15.4 Å². The number of aromatic nitrogens is 2. The van der Waals surface area contributed by atoms with Gasteiger partial charge in [-0.15, -0.1) is 11.3 Å². The molecule has 0 aliphatic carbocycles. The summed E-state index contributed by atoms with van der Waals surface area (Å²) in [5, 5.41) is 8.05. The smallest absolute Gasteiger partial charge is 0.0841 e. The van der Waals surface area contributed by atoms with Crippen LogP contribution in [0, 0.1) is 0 Å². The minimum atomic E-state index is 0.271. The average molecular weight is 277 g/mol. The van der Waals surface area contributed by atoms with Gasteiger partial charge in [0.15, 0.2) is 0 Å². The zero-order chi connectivity index (χ0) is 13.7. The van der Waals surface area contributed by atoms with Crippen LogP contribution in [0.25, 0.3) is 0 Å². The van der Waals surface area contributed by atoms with Crippen molar-refractivity contribution in [3.05, 3.63) is 39.8 Å². The molecule has 0 aliphatic heterocycles. The molecule has 2 aromatic heterocycles. The van der Waals surface area contributed by atoms with Gasteiger partial charge in [0, 0.05) is 22.5 Å². The number of nitrogens with zero attached hydrogens (tertiary/aromatic N) is 2. The number of hydrogen-bond donors (Lipinski definition) is 1. The lowest BCUT2D eigenvalue weighted by Crippen LogP contribution is -2.25. The Morgan fingerprint density at radius 1 is 1.26 bits per heavy atom. The first kappa shape index (κ1) is 14.3. The summed E-state index contributed by atoms with van der Waals surface area (Å²) in [6.45, 7) is 8.49. The number of thiophene rings is 1. The Morgan fingerprint density at radius 3 is 2.74 bits per heavy atom. The molecule has 1 atom stereocenters. The van der Waals surface area contributed by atoms with Gasteiger partial charge in [0.1, 0.15) is 0 Å². The molecule has 19 heavy (non-hydrogen) atoms. The fourth-order valence-corrected chi connectivity index (χ4v) is 3.27. The standard InChI is InChI=1S/C15H23N3S/c1-4-10-16-15(13-9-11-17-18(13)6-3)14-8-7-12(5-2)19-14/h7-9,11,15-16H,4-6,10H2,1-3H3. The van der Waals surface area contributed by atoms with E-state index in [9.17, 15) is 0 Å². The molecule has 2 aromatic rings. The Kier molecular flexibility index (Phi) is 5.16. The van der Waals surface area contributed by atoms with E-state index in [1.54, 1.807) is 0 Å². The van der Waals surface area contributed by atoms with Gasteiger partial charge in [0.05, 0.1) is 11.7 Å². The molecule has 0 saturated carbocycles. The molecule has 0 bridgehead atoms. The predicted molar refractivity (Wildman–Crippen MR) is 81.7 cm³/mol. The van der Waals surface area contributed by atoms with Gasteiger partial charge in [0.2, 0.25) is 0 Å². The predicted octanol–water partition coefficient (Wildman–Crippen LogP) is 3.62. The molecule has 104 valence electrons. The Morgan fingerprint density at radius 2 is 2.11 bits per heavy atom. The summed E-state index contributed by atoms with van der Waals surface area (Å²) in [7, 11) is 0. The molecule has 0 aliphatic rings. The molecule has 1 unspecified atom stereocenters. The van der Waals surface area contributed by atoms with Gasteiger partial charge in [0.25, 0.3) is 0 Å². The number of nitrogens with one attached hydrogen (secondary N) is 1. The maximum atomic E-state index is 4.40. The maximum absolute atomic E-state index is 4.40. The normalized spacial score (nSPS) is 12.8. The summed E-state index contributed by atoms with van der Waals surface area (Å²) in [6, 6.07) is 6.90. The van der Waals surface area contributed by atoms with Crippen molar-refractivity contribution < 1.29 is 0 Å². The van der Waals surface area contributed by atoms with E-state index in [-0.39, 0.29) is 6.04 Å². The van der Waals surface area contributed by atoms with Crippen LogP contribution in [0.1, 0.15) is 48.7 Å². The van der Waals surface area contributed by atoms with E-state index in [0.29, 0.717) is 0 Å². The molecule has 0 aromatic carbocycles. The van der Waals surface area contributed by atoms with Gasteiger partial charge in [-0.2, -0.15) is 5.10 Å². The summed E-state index contributed by atoms with van der Waals surface area (Å²) in [4.78, 5) is 2.83. The van der Waals surface area contributed by atoms with Crippen LogP contribution in [-0.4, -0.2) is 16.3 Å². The lowest BCUT2D eigenvalue weighted by Gasteiger charge is -2.18. The first-order valence-corrected chi connectivity index (χ1v) is 7.95. The van der Waals surface area contributed by atoms with Crippen molar-refractivity contribution in [1.82, 2.24) is 15.1 Å². The van der Waals surface area contributed by atoms with E-state index in [2.05, 4.69) is 54.1 Å². The number of rotatable bonds is 7. The van der Waals surface area contributed by atoms with Crippen molar-refractivity contribution in [3.8, 4) is 0 Å². The Balaban J connectivity index is 2.29. The number of hydrogen-bond acceptors (Lipinski definition) is 3. The van der Waals surface area contributed by atoms with E-state index in [4.69, 9.17) is 0 Å². The van der Waals surface area contributed by atoms with Crippen molar-refractivity contribution in [1.29, 1.82) is 0 Å². The first-order chi connectivity index (χ1) is 9.30. The minimum Gasteiger partial charge on any atom is -0.304 e. The number of aryl methyl sites for hydroxylation is 2. The van der Waals surface area contributed by atoms with Crippen molar-refractivity contribution in [2.75, 3.05) is 6.54 Å². The van der Waals surface area contributed by atoms with E-state index < -0.39 is 0 Å². The minimum absolute atomic E-state index is 0.271. The van der Waals surface area contributed by atoms with Gasteiger partial charge in [-0.05, 0) is 44.5 Å². The molecular weight excluding hydrogens is 254 g/mol. The fraction of sp³-hybridized carbons (Fsp3) is 0.533. The van der Waals surface area contributed by atoms with Crippen LogP contribution >= 0.6 is 11.3 Å². The quantitative estimate of drug-likeness (QED) is 0.838. The molecule has 2 rings (SSSR count). The van der Waals surface area contributed by atoms with Crippen LogP contribution in [0.4, 0.5) is 0 Å². The highest BCUT2D eigenvalue weighted by Gasteiger charge is 2.18. The SMILES string of the molecule is CCCNC(c1ccc(CC)s1)c1ccnn1CC. The van der Waals surface area contributed by atoms with Gasteiger partial charge in [-0.1, -0.05) is 13.8 Å². The van der Waals surface area contributed by atoms with Crippen LogP contribution in [-0.2, 0) is 13.0 Å². The van der Waals surface area contributed by atoms with Crippen LogP contribution < -0.4 is 5.32 Å². The van der Waals surface area contributed by atoms with Crippen LogP contribution in [0.3, 0.4) is 0 Å². The van der Waals surface area contributed by atoms with Crippen molar-refractivity contribution >= 4 is 11.3 Å². The lowest BCUT2D eigenvalue weighted by atomic mass is 10.1. The first-order valence-electron chi connectivity index (χ1n) is 7.13. The van der Waals surface area contributed by atoms with Gasteiger partial charge >= 0.3 is 0 Å². The second-order valence-corrected chi connectivity index (χ2v) is 5.82. The van der Waals surface area contributed by atoms with Crippen molar-refractivity contribution in [2.45, 2.75) is 46.2 Å². The van der Waals surface area contributed by atoms with E-state index in [1.807, 2.05) is 17.5 Å². The second-order valence-electron chi connectivity index (χ2n) is 4.62. The van der Waals surface area contributed by atoms with Crippen LogP contribution in [0.5, 0.6) is 0 Å². The maximum Gasteiger partial charge on any atom is 0.0841 e. The zero-order valence-corrected chi connectivity index (χ0v) is 12.8. The van der Waals surface area contributed by atoms with E-state index >= 15 is 0 Å². The second kappa shape index (κ2) is 6.87. The Hall–Kier alpha value is -1.13. The van der Waals surface area contributed by atoms with E-state index in [0.717, 1.165) is 25.9 Å². The molecule has 1 N–H and O–H groups in total. The molecule has 4 heteroatoms. The highest BCUT2D eigenvalue weighted by molar-refractivity contribution is 7.12. The summed E-state index contributed by atoms with van der Waals surface area (Å²) >= 11 is 1.91. The highest BCUT2D eigenvalue weighted by atomic mass is 32.1. The summed E-state index contributed by atoms with van der Waals surface area (Å²) < 4.78 is 2.08. The fourth-order valence-electron chi connectivity index (χ4n) is 2.23. The summed E-state index contributed by atoms with van der Waals surface area (Å²) in [5.74, 6) is 0. The van der Waals surface area contributed by atoms with Crippen molar-refractivity contribution in [3.63, 3.8) is 0 Å². The summed E-state index contributed by atoms with van der Waals surface area (Å²) in [5.41, 5.74) is 1.26. The largest absolute Gasteiger partial charge is 0.304 e. The Labute approximate surface area is 119 Å². The van der Waals surface area contributed by atoms with Crippen LogP contribution in [0.2, 0.25) is 0 Å². The zero-order valence-electron chi connectivity index (χ0n) is 12.0. The van der Waals surface area contributed by atoms with Gasteiger partial charge in [-0.25, -0.2) is 0 Å². The molecule has 2 heterocycles. The molecule has 0 amide bonds. The topological polar surface area (TPSA) is 29.9 Å². The third-order valence-electron chi connectivity index (χ3n) is 3.26. The van der Waals surface area contributed by atoms with Crippen molar-refractivity contribution in [2.24, 2.45) is 0 Å². The third-order valence-corrected chi connectivity index (χ3v) is 4.55. The van der Waals surface area contributed by atoms with Gasteiger partial charge in [-0.3, -0.25) is 4.68 Å². The molecule has 3 nitrogen and oxygen atoms in total. The summed E-state index contributed by atoms with van der Waals surface area (Å²) in [6.07, 6.45) is 4.15. The third kappa shape index (κ3) is 3.25. The molecular formula is C15H23N3S. The highest BCUT2D eigenvalue weighted by Crippen LogP contribution is 2.28. The molecule has 0 radical (unpaired) electrons. The Bertz CT molecular complexity index is 501. The molecule has 0 saturated heterocycles.